The normalized spacial score (nSPS) is 19.2. The van der Waals surface area contributed by atoms with Crippen molar-refractivity contribution in [3.05, 3.63) is 24.3 Å². The van der Waals surface area contributed by atoms with Crippen LogP contribution in [0, 0.1) is 0 Å². The second-order valence-corrected chi connectivity index (χ2v) is 4.90. The van der Waals surface area contributed by atoms with Crippen molar-refractivity contribution < 1.29 is 18.3 Å². The van der Waals surface area contributed by atoms with E-state index in [0.29, 0.717) is 35.4 Å². The van der Waals surface area contributed by atoms with Crippen molar-refractivity contribution in [2.45, 2.75) is 29.6 Å². The third-order valence-corrected chi connectivity index (χ3v) is 3.37. The predicted octanol–water partition coefficient (Wildman–Crippen LogP) is 3.12. The molecule has 0 spiro atoms. The van der Waals surface area contributed by atoms with Gasteiger partial charge in [0.25, 0.3) is 11.7 Å². The SMILES string of the molecule is O=C(Nc1ccccc1SC(F)F)C1CCCO1. The standard InChI is InChI=1S/C12H13F2NO2S/c13-12(14)18-10-6-2-1-4-8(10)15-11(16)9-5-3-7-17-9/h1-2,4,6,9,12H,3,5,7H2,(H,15,16). The molecule has 2 rings (SSSR count). The minimum Gasteiger partial charge on any atom is -0.368 e. The zero-order valence-electron chi connectivity index (χ0n) is 9.57. The fraction of sp³-hybridized carbons (Fsp3) is 0.417. The summed E-state index contributed by atoms with van der Waals surface area (Å²) < 4.78 is 30.0. The number of rotatable bonds is 4. The van der Waals surface area contributed by atoms with Gasteiger partial charge in [0.05, 0.1) is 5.69 Å². The minimum atomic E-state index is -2.51. The molecular weight excluding hydrogens is 260 g/mol. The van der Waals surface area contributed by atoms with Crippen molar-refractivity contribution in [2.24, 2.45) is 0 Å². The molecule has 1 N–H and O–H groups in total. The van der Waals surface area contributed by atoms with Gasteiger partial charge in [-0.3, -0.25) is 4.79 Å². The molecule has 18 heavy (non-hydrogen) atoms. The number of alkyl halides is 2. The van der Waals surface area contributed by atoms with Crippen LogP contribution in [0.25, 0.3) is 0 Å². The molecule has 1 aliphatic rings. The van der Waals surface area contributed by atoms with Gasteiger partial charge in [-0.05, 0) is 25.0 Å². The summed E-state index contributed by atoms with van der Waals surface area (Å²) in [7, 11) is 0. The highest BCUT2D eigenvalue weighted by atomic mass is 32.2. The van der Waals surface area contributed by atoms with Gasteiger partial charge >= 0.3 is 0 Å². The van der Waals surface area contributed by atoms with Gasteiger partial charge in [0.15, 0.2) is 0 Å². The van der Waals surface area contributed by atoms with E-state index in [-0.39, 0.29) is 5.91 Å². The van der Waals surface area contributed by atoms with Gasteiger partial charge in [-0.1, -0.05) is 23.9 Å². The van der Waals surface area contributed by atoms with Crippen molar-refractivity contribution in [1.82, 2.24) is 0 Å². The predicted molar refractivity (Wildman–Crippen MR) is 65.9 cm³/mol. The quantitative estimate of drug-likeness (QED) is 0.857. The monoisotopic (exact) mass is 273 g/mol. The van der Waals surface area contributed by atoms with E-state index in [1.165, 1.54) is 0 Å². The molecule has 3 nitrogen and oxygen atoms in total. The van der Waals surface area contributed by atoms with Crippen molar-refractivity contribution in [3.63, 3.8) is 0 Å². The summed E-state index contributed by atoms with van der Waals surface area (Å²) in [6.07, 6.45) is 1.07. The number of nitrogens with one attached hydrogen (secondary N) is 1. The third kappa shape index (κ3) is 3.43. The lowest BCUT2D eigenvalue weighted by Gasteiger charge is -2.13. The molecule has 1 atom stereocenters. The number of ether oxygens (including phenoxy) is 1. The molecule has 1 amide bonds. The molecule has 0 aromatic heterocycles. The summed E-state index contributed by atoms with van der Waals surface area (Å²) in [6.45, 7) is 0.575. The maximum atomic E-state index is 12.4. The number of amides is 1. The first-order chi connectivity index (χ1) is 8.66. The topological polar surface area (TPSA) is 38.3 Å². The highest BCUT2D eigenvalue weighted by molar-refractivity contribution is 7.99. The highest BCUT2D eigenvalue weighted by Crippen LogP contribution is 2.31. The Hall–Kier alpha value is -1.14. The number of carbonyl (C=O) groups is 1. The van der Waals surface area contributed by atoms with Crippen LogP contribution in [0.3, 0.4) is 0 Å². The van der Waals surface area contributed by atoms with Crippen LogP contribution in [0.1, 0.15) is 12.8 Å². The number of carbonyl (C=O) groups excluding carboxylic acids is 1. The number of benzene rings is 1. The lowest BCUT2D eigenvalue weighted by molar-refractivity contribution is -0.124. The Morgan fingerprint density at radius 3 is 2.89 bits per heavy atom. The highest BCUT2D eigenvalue weighted by Gasteiger charge is 2.24. The van der Waals surface area contributed by atoms with E-state index >= 15 is 0 Å². The van der Waals surface area contributed by atoms with Crippen LogP contribution >= 0.6 is 11.8 Å². The molecule has 0 aliphatic carbocycles. The lowest BCUT2D eigenvalue weighted by atomic mass is 10.2. The Morgan fingerprint density at radius 2 is 2.22 bits per heavy atom. The first-order valence-corrected chi connectivity index (χ1v) is 6.51. The minimum absolute atomic E-state index is 0.269. The number of para-hydroxylation sites is 1. The molecule has 6 heteroatoms. The molecule has 1 fully saturated rings. The van der Waals surface area contributed by atoms with E-state index in [0.717, 1.165) is 6.42 Å². The van der Waals surface area contributed by atoms with E-state index in [4.69, 9.17) is 4.74 Å². The van der Waals surface area contributed by atoms with Crippen molar-refractivity contribution in [1.29, 1.82) is 0 Å². The van der Waals surface area contributed by atoms with Crippen LogP contribution < -0.4 is 5.32 Å². The molecule has 0 radical (unpaired) electrons. The molecule has 1 unspecified atom stereocenters. The summed E-state index contributed by atoms with van der Waals surface area (Å²) in [5.41, 5.74) is 0.406. The molecule has 0 saturated carbocycles. The van der Waals surface area contributed by atoms with E-state index in [1.807, 2.05) is 0 Å². The molecule has 1 aliphatic heterocycles. The summed E-state index contributed by atoms with van der Waals surface area (Å²) in [5, 5.41) is 2.64. The summed E-state index contributed by atoms with van der Waals surface area (Å²) in [6, 6.07) is 6.52. The second-order valence-electron chi connectivity index (χ2n) is 3.87. The van der Waals surface area contributed by atoms with Gasteiger partial charge < -0.3 is 10.1 Å². The van der Waals surface area contributed by atoms with Crippen molar-refractivity contribution in [3.8, 4) is 0 Å². The first-order valence-electron chi connectivity index (χ1n) is 5.63. The van der Waals surface area contributed by atoms with Crippen LogP contribution in [0.2, 0.25) is 0 Å². The Labute approximate surface area is 108 Å². The molecule has 1 aromatic carbocycles. The van der Waals surface area contributed by atoms with Crippen LogP contribution in [-0.2, 0) is 9.53 Å². The third-order valence-electron chi connectivity index (χ3n) is 2.58. The second kappa shape index (κ2) is 6.15. The Balaban J connectivity index is 2.05. The van der Waals surface area contributed by atoms with E-state index < -0.39 is 11.9 Å². The average Bonchev–Trinajstić information content (AvgIpc) is 2.84. The average molecular weight is 273 g/mol. The molecule has 1 aromatic rings. The van der Waals surface area contributed by atoms with Crippen molar-refractivity contribution >= 4 is 23.4 Å². The number of hydrogen-bond acceptors (Lipinski definition) is 3. The van der Waals surface area contributed by atoms with E-state index in [2.05, 4.69) is 5.32 Å². The Kier molecular flexibility index (Phi) is 4.54. The van der Waals surface area contributed by atoms with Gasteiger partial charge in [0.2, 0.25) is 0 Å². The fourth-order valence-corrected chi connectivity index (χ4v) is 2.36. The van der Waals surface area contributed by atoms with E-state index in [9.17, 15) is 13.6 Å². The molecular formula is C12H13F2NO2S. The number of hydrogen-bond donors (Lipinski definition) is 1. The fourth-order valence-electron chi connectivity index (χ4n) is 1.77. The largest absolute Gasteiger partial charge is 0.368 e. The van der Waals surface area contributed by atoms with Gasteiger partial charge in [-0.15, -0.1) is 0 Å². The number of halogens is 2. The van der Waals surface area contributed by atoms with Gasteiger partial charge in [0.1, 0.15) is 6.10 Å². The zero-order chi connectivity index (χ0) is 13.0. The molecule has 1 heterocycles. The Morgan fingerprint density at radius 1 is 1.44 bits per heavy atom. The zero-order valence-corrected chi connectivity index (χ0v) is 10.4. The smallest absolute Gasteiger partial charge is 0.288 e. The van der Waals surface area contributed by atoms with Crippen LogP contribution in [0.4, 0.5) is 14.5 Å². The Bertz CT molecular complexity index is 422. The van der Waals surface area contributed by atoms with Gasteiger partial charge in [-0.2, -0.15) is 8.78 Å². The summed E-state index contributed by atoms with van der Waals surface area (Å²) in [5.74, 6) is -2.78. The van der Waals surface area contributed by atoms with Crippen molar-refractivity contribution in [2.75, 3.05) is 11.9 Å². The lowest BCUT2D eigenvalue weighted by Crippen LogP contribution is -2.27. The molecule has 98 valence electrons. The molecule has 1 saturated heterocycles. The molecule has 0 bridgehead atoms. The number of anilines is 1. The van der Waals surface area contributed by atoms with Crippen LogP contribution in [0.5, 0.6) is 0 Å². The van der Waals surface area contributed by atoms with Crippen LogP contribution in [-0.4, -0.2) is 24.4 Å². The van der Waals surface area contributed by atoms with Crippen LogP contribution in [0.15, 0.2) is 29.2 Å². The van der Waals surface area contributed by atoms with Gasteiger partial charge in [-0.25, -0.2) is 0 Å². The maximum absolute atomic E-state index is 12.4. The number of thioether (sulfide) groups is 1. The first kappa shape index (κ1) is 13.3. The summed E-state index contributed by atoms with van der Waals surface area (Å²) >= 11 is 0.421. The van der Waals surface area contributed by atoms with Gasteiger partial charge in [0, 0.05) is 11.5 Å². The maximum Gasteiger partial charge on any atom is 0.288 e. The summed E-state index contributed by atoms with van der Waals surface area (Å²) in [4.78, 5) is 12.2. The van der Waals surface area contributed by atoms with E-state index in [1.54, 1.807) is 24.3 Å².